The minimum Gasteiger partial charge on any atom is -0.384 e. The molecule has 0 amide bonds. The number of nitrogens with zero attached hydrogens (tertiary/aromatic N) is 3. The van der Waals surface area contributed by atoms with E-state index in [9.17, 15) is 4.39 Å². The molecular weight excluding hydrogens is 317 g/mol. The first-order valence-electron chi connectivity index (χ1n) is 6.81. The van der Waals surface area contributed by atoms with Crippen LogP contribution in [0.1, 0.15) is 5.69 Å². The molecule has 23 heavy (non-hydrogen) atoms. The molecule has 7 heteroatoms. The number of hydrogen-bond acceptors (Lipinski definition) is 5. The van der Waals surface area contributed by atoms with Crippen LogP contribution in [0.3, 0.4) is 0 Å². The second kappa shape index (κ2) is 6.18. The summed E-state index contributed by atoms with van der Waals surface area (Å²) in [4.78, 5) is 3.94. The first kappa shape index (κ1) is 15.2. The summed E-state index contributed by atoms with van der Waals surface area (Å²) in [6, 6.07) is 9.49. The van der Waals surface area contributed by atoms with Gasteiger partial charge in [0.15, 0.2) is 0 Å². The van der Waals surface area contributed by atoms with Gasteiger partial charge in [0.25, 0.3) is 0 Å². The quantitative estimate of drug-likeness (QED) is 0.760. The van der Waals surface area contributed by atoms with Gasteiger partial charge >= 0.3 is 0 Å². The summed E-state index contributed by atoms with van der Waals surface area (Å²) in [5.41, 5.74) is 8.47. The molecule has 0 saturated heterocycles. The molecule has 0 bridgehead atoms. The molecule has 5 nitrogen and oxygen atoms in total. The molecule has 2 heterocycles. The molecule has 0 saturated carbocycles. The van der Waals surface area contributed by atoms with Gasteiger partial charge in [-0.15, -0.1) is 0 Å². The molecule has 0 radical (unpaired) electrons. The summed E-state index contributed by atoms with van der Waals surface area (Å²) in [6.45, 7) is 1.80. The number of hydrogen-bond donors (Lipinski definition) is 2. The Bertz CT molecular complexity index is 869. The average Bonchev–Trinajstić information content (AvgIpc) is 2.52. The molecule has 0 atom stereocenters. The van der Waals surface area contributed by atoms with E-state index >= 15 is 0 Å². The van der Waals surface area contributed by atoms with Gasteiger partial charge < -0.3 is 11.1 Å². The predicted molar refractivity (Wildman–Crippen MR) is 89.1 cm³/mol. The lowest BCUT2D eigenvalue weighted by Crippen LogP contribution is -2.00. The smallest absolute Gasteiger partial charge is 0.132 e. The van der Waals surface area contributed by atoms with Crippen molar-refractivity contribution in [3.05, 3.63) is 59.1 Å². The number of halogens is 2. The third-order valence-corrected chi connectivity index (χ3v) is 3.48. The topological polar surface area (TPSA) is 76.7 Å². The van der Waals surface area contributed by atoms with E-state index in [2.05, 4.69) is 20.5 Å². The number of benzene rings is 1. The standard InChI is InChI=1S/C16H13ClFN5/c1-9-14(21-11-4-5-20-16(19)7-11)8-15(23-22-9)12-6-10(17)2-3-13(12)18/h2-8H,1H3,(H3,19,20,21,23). The molecule has 0 aliphatic rings. The zero-order chi connectivity index (χ0) is 16.4. The molecule has 3 aromatic rings. The third-order valence-electron chi connectivity index (χ3n) is 3.24. The number of nitrogen functional groups attached to an aromatic ring is 1. The van der Waals surface area contributed by atoms with Crippen molar-refractivity contribution in [3.63, 3.8) is 0 Å². The Morgan fingerprint density at radius 3 is 2.74 bits per heavy atom. The molecule has 0 aliphatic carbocycles. The van der Waals surface area contributed by atoms with E-state index in [-0.39, 0.29) is 0 Å². The highest BCUT2D eigenvalue weighted by molar-refractivity contribution is 6.30. The van der Waals surface area contributed by atoms with Crippen LogP contribution in [0, 0.1) is 12.7 Å². The summed E-state index contributed by atoms with van der Waals surface area (Å²) in [6.07, 6.45) is 1.60. The number of aryl methyl sites for hydroxylation is 1. The second-order valence-corrected chi connectivity index (χ2v) is 5.38. The van der Waals surface area contributed by atoms with Gasteiger partial charge in [-0.1, -0.05) is 11.6 Å². The van der Waals surface area contributed by atoms with Crippen molar-refractivity contribution in [3.8, 4) is 11.3 Å². The number of rotatable bonds is 3. The minimum absolute atomic E-state index is 0.294. The fourth-order valence-corrected chi connectivity index (χ4v) is 2.26. The van der Waals surface area contributed by atoms with E-state index in [0.717, 1.165) is 5.69 Å². The van der Waals surface area contributed by atoms with E-state index in [0.29, 0.717) is 33.5 Å². The Kier molecular flexibility index (Phi) is 4.08. The van der Waals surface area contributed by atoms with Crippen LogP contribution in [0.15, 0.2) is 42.6 Å². The number of anilines is 3. The minimum atomic E-state index is -0.411. The van der Waals surface area contributed by atoms with E-state index in [1.54, 1.807) is 31.3 Å². The van der Waals surface area contributed by atoms with E-state index in [1.165, 1.54) is 18.2 Å². The molecule has 0 unspecified atom stereocenters. The normalized spacial score (nSPS) is 10.6. The lowest BCUT2D eigenvalue weighted by molar-refractivity contribution is 0.630. The van der Waals surface area contributed by atoms with Gasteiger partial charge in [-0.25, -0.2) is 9.37 Å². The van der Waals surface area contributed by atoms with Crippen LogP contribution in [0.25, 0.3) is 11.3 Å². The monoisotopic (exact) mass is 329 g/mol. The number of pyridine rings is 1. The van der Waals surface area contributed by atoms with Gasteiger partial charge in [0.1, 0.15) is 11.6 Å². The predicted octanol–water partition coefficient (Wildman–Crippen LogP) is 3.97. The first-order valence-corrected chi connectivity index (χ1v) is 7.19. The Balaban J connectivity index is 2.01. The third kappa shape index (κ3) is 3.37. The lowest BCUT2D eigenvalue weighted by atomic mass is 10.1. The van der Waals surface area contributed by atoms with E-state index in [1.807, 2.05) is 0 Å². The highest BCUT2D eigenvalue weighted by atomic mass is 35.5. The van der Waals surface area contributed by atoms with Crippen LogP contribution >= 0.6 is 11.6 Å². The highest BCUT2D eigenvalue weighted by Crippen LogP contribution is 2.28. The lowest BCUT2D eigenvalue weighted by Gasteiger charge is -2.11. The van der Waals surface area contributed by atoms with Crippen molar-refractivity contribution in [1.29, 1.82) is 0 Å². The zero-order valence-electron chi connectivity index (χ0n) is 12.2. The molecule has 1 aromatic carbocycles. The van der Waals surface area contributed by atoms with Crippen LogP contribution in [-0.2, 0) is 0 Å². The van der Waals surface area contributed by atoms with Crippen molar-refractivity contribution in [2.45, 2.75) is 6.92 Å². The fourth-order valence-electron chi connectivity index (χ4n) is 2.09. The molecule has 3 rings (SSSR count). The Morgan fingerprint density at radius 2 is 1.96 bits per heavy atom. The van der Waals surface area contributed by atoms with Gasteiger partial charge in [-0.05, 0) is 37.3 Å². The molecule has 2 aromatic heterocycles. The largest absolute Gasteiger partial charge is 0.384 e. The fraction of sp³-hybridized carbons (Fsp3) is 0.0625. The van der Waals surface area contributed by atoms with Gasteiger partial charge in [-0.2, -0.15) is 10.2 Å². The number of nitrogens with two attached hydrogens (primary N) is 1. The van der Waals surface area contributed by atoms with Crippen molar-refractivity contribution < 1.29 is 4.39 Å². The van der Waals surface area contributed by atoms with Crippen LogP contribution < -0.4 is 11.1 Å². The summed E-state index contributed by atoms with van der Waals surface area (Å²) in [5, 5.41) is 11.7. The zero-order valence-corrected chi connectivity index (χ0v) is 13.0. The first-order chi connectivity index (χ1) is 11.0. The van der Waals surface area contributed by atoms with Crippen LogP contribution in [0.2, 0.25) is 5.02 Å². The van der Waals surface area contributed by atoms with Crippen LogP contribution in [0.4, 0.5) is 21.6 Å². The molecule has 0 aliphatic heterocycles. The van der Waals surface area contributed by atoms with E-state index < -0.39 is 5.82 Å². The van der Waals surface area contributed by atoms with Gasteiger partial charge in [0.2, 0.25) is 0 Å². The molecule has 3 N–H and O–H groups in total. The van der Waals surface area contributed by atoms with Gasteiger partial charge in [0, 0.05) is 28.5 Å². The van der Waals surface area contributed by atoms with Crippen LogP contribution in [-0.4, -0.2) is 15.2 Å². The summed E-state index contributed by atoms with van der Waals surface area (Å²) < 4.78 is 14.0. The Hall–Kier alpha value is -2.73. The molecular formula is C16H13ClFN5. The van der Waals surface area contributed by atoms with Gasteiger partial charge in [0.05, 0.1) is 17.1 Å². The van der Waals surface area contributed by atoms with Crippen molar-refractivity contribution in [2.24, 2.45) is 0 Å². The molecule has 0 fully saturated rings. The highest BCUT2D eigenvalue weighted by Gasteiger charge is 2.11. The molecule has 0 spiro atoms. The summed E-state index contributed by atoms with van der Waals surface area (Å²) >= 11 is 5.93. The van der Waals surface area contributed by atoms with Crippen molar-refractivity contribution in [1.82, 2.24) is 15.2 Å². The van der Waals surface area contributed by atoms with Crippen LogP contribution in [0.5, 0.6) is 0 Å². The summed E-state index contributed by atoms with van der Waals surface area (Å²) in [5.74, 6) is -0.0116. The molecule has 116 valence electrons. The second-order valence-electron chi connectivity index (χ2n) is 4.95. The average molecular weight is 330 g/mol. The van der Waals surface area contributed by atoms with Crippen molar-refractivity contribution >= 4 is 28.8 Å². The van der Waals surface area contributed by atoms with Crippen molar-refractivity contribution in [2.75, 3.05) is 11.1 Å². The Morgan fingerprint density at radius 1 is 1.13 bits per heavy atom. The number of nitrogens with one attached hydrogen (secondary N) is 1. The maximum atomic E-state index is 14.0. The SMILES string of the molecule is Cc1nnc(-c2cc(Cl)ccc2F)cc1Nc1ccnc(N)c1. The maximum absolute atomic E-state index is 14.0. The number of aromatic nitrogens is 3. The maximum Gasteiger partial charge on any atom is 0.132 e. The van der Waals surface area contributed by atoms with E-state index in [4.69, 9.17) is 17.3 Å². The Labute approximate surface area is 137 Å². The van der Waals surface area contributed by atoms with Gasteiger partial charge in [-0.3, -0.25) is 0 Å². The summed E-state index contributed by atoms with van der Waals surface area (Å²) in [7, 11) is 0.